The van der Waals surface area contributed by atoms with Crippen molar-refractivity contribution in [2.75, 3.05) is 0 Å². The number of aliphatic imine (C=N–C) groups is 1. The zero-order chi connectivity index (χ0) is 19.0. The van der Waals surface area contributed by atoms with Gasteiger partial charge >= 0.3 is 0 Å². The van der Waals surface area contributed by atoms with Crippen molar-refractivity contribution in [2.45, 2.75) is 45.8 Å². The lowest BCUT2D eigenvalue weighted by Crippen LogP contribution is -2.42. The molecule has 0 saturated carbocycles. The van der Waals surface area contributed by atoms with E-state index in [1.807, 2.05) is 16.9 Å². The first kappa shape index (κ1) is 17.5. The second kappa shape index (κ2) is 7.03. The Morgan fingerprint density at radius 2 is 1.44 bits per heavy atom. The van der Waals surface area contributed by atoms with E-state index < -0.39 is 0 Å². The van der Waals surface area contributed by atoms with Crippen molar-refractivity contribution in [1.29, 1.82) is 0 Å². The van der Waals surface area contributed by atoms with Crippen LogP contribution >= 0.6 is 0 Å². The molecule has 1 atom stereocenters. The average Bonchev–Trinajstić information content (AvgIpc) is 3.11. The van der Waals surface area contributed by atoms with Gasteiger partial charge in [-0.3, -0.25) is 0 Å². The van der Waals surface area contributed by atoms with Gasteiger partial charge in [0.25, 0.3) is 0 Å². The van der Waals surface area contributed by atoms with Gasteiger partial charge in [-0.2, -0.15) is 5.10 Å². The molecule has 138 valence electrons. The summed E-state index contributed by atoms with van der Waals surface area (Å²) in [5.41, 5.74) is 3.57. The van der Waals surface area contributed by atoms with Gasteiger partial charge < -0.3 is 4.90 Å². The van der Waals surface area contributed by atoms with E-state index in [4.69, 9.17) is 4.99 Å². The van der Waals surface area contributed by atoms with Crippen LogP contribution in [0, 0.1) is 0 Å². The van der Waals surface area contributed by atoms with Gasteiger partial charge in [0.1, 0.15) is 5.84 Å². The standard InChI is InChI=1S/C23H26N4/c1-16(2)26-21(18-11-7-5-8-12-18)20-15-24-27(17(3)4)23(20)25-22(26)19-13-9-6-10-14-19/h5-17,21H,1-4H3. The Labute approximate surface area is 161 Å². The Balaban J connectivity index is 1.98. The topological polar surface area (TPSA) is 33.4 Å². The van der Waals surface area contributed by atoms with Gasteiger partial charge in [0.15, 0.2) is 5.82 Å². The summed E-state index contributed by atoms with van der Waals surface area (Å²) in [6, 6.07) is 21.8. The minimum atomic E-state index is 0.0985. The van der Waals surface area contributed by atoms with Gasteiger partial charge in [0, 0.05) is 23.2 Å². The normalized spacial score (nSPS) is 16.6. The van der Waals surface area contributed by atoms with Gasteiger partial charge in [-0.05, 0) is 33.3 Å². The lowest BCUT2D eigenvalue weighted by Gasteiger charge is -2.40. The highest BCUT2D eigenvalue weighted by Gasteiger charge is 2.36. The number of amidine groups is 1. The third-order valence-electron chi connectivity index (χ3n) is 5.02. The van der Waals surface area contributed by atoms with Crippen molar-refractivity contribution in [3.05, 3.63) is 83.6 Å². The Kier molecular flexibility index (Phi) is 4.56. The predicted octanol–water partition coefficient (Wildman–Crippen LogP) is 5.36. The van der Waals surface area contributed by atoms with E-state index in [1.165, 1.54) is 11.1 Å². The van der Waals surface area contributed by atoms with E-state index >= 15 is 0 Å². The van der Waals surface area contributed by atoms with Crippen LogP contribution in [-0.2, 0) is 0 Å². The summed E-state index contributed by atoms with van der Waals surface area (Å²) in [7, 11) is 0. The molecule has 0 saturated heterocycles. The fourth-order valence-electron chi connectivity index (χ4n) is 3.80. The first-order valence-electron chi connectivity index (χ1n) is 9.62. The lowest BCUT2D eigenvalue weighted by atomic mass is 9.94. The largest absolute Gasteiger partial charge is 0.342 e. The van der Waals surface area contributed by atoms with Crippen LogP contribution in [0.2, 0.25) is 0 Å². The Bertz CT molecular complexity index is 939. The summed E-state index contributed by atoms with van der Waals surface area (Å²) in [6.07, 6.45) is 1.99. The quantitative estimate of drug-likeness (QED) is 0.629. The Hall–Kier alpha value is -2.88. The molecular formula is C23H26N4. The first-order valence-corrected chi connectivity index (χ1v) is 9.62. The maximum Gasteiger partial charge on any atom is 0.158 e. The van der Waals surface area contributed by atoms with Crippen molar-refractivity contribution in [2.24, 2.45) is 4.99 Å². The highest BCUT2D eigenvalue weighted by atomic mass is 15.4. The fraction of sp³-hybridized carbons (Fsp3) is 0.304. The summed E-state index contributed by atoms with van der Waals surface area (Å²) in [5.74, 6) is 1.98. The van der Waals surface area contributed by atoms with E-state index in [1.54, 1.807) is 0 Å². The van der Waals surface area contributed by atoms with Crippen LogP contribution in [0.5, 0.6) is 0 Å². The molecule has 2 heterocycles. The molecule has 0 radical (unpaired) electrons. The zero-order valence-corrected chi connectivity index (χ0v) is 16.4. The van der Waals surface area contributed by atoms with Crippen molar-refractivity contribution in [3.63, 3.8) is 0 Å². The van der Waals surface area contributed by atoms with Crippen LogP contribution in [0.25, 0.3) is 0 Å². The van der Waals surface area contributed by atoms with Crippen molar-refractivity contribution < 1.29 is 0 Å². The second-order valence-electron chi connectivity index (χ2n) is 7.58. The maximum atomic E-state index is 5.12. The molecule has 0 amide bonds. The average molecular weight is 358 g/mol. The molecule has 0 spiro atoms. The molecule has 2 aromatic carbocycles. The molecule has 27 heavy (non-hydrogen) atoms. The summed E-state index contributed by atoms with van der Waals surface area (Å²) < 4.78 is 2.03. The van der Waals surface area contributed by atoms with E-state index in [2.05, 4.69) is 92.3 Å². The maximum absolute atomic E-state index is 5.12. The summed E-state index contributed by atoms with van der Waals surface area (Å²) in [4.78, 5) is 7.53. The molecule has 3 aromatic rings. The van der Waals surface area contributed by atoms with Gasteiger partial charge in [-0.1, -0.05) is 60.7 Å². The number of rotatable bonds is 4. The zero-order valence-electron chi connectivity index (χ0n) is 16.4. The second-order valence-corrected chi connectivity index (χ2v) is 7.58. The molecule has 4 nitrogen and oxygen atoms in total. The van der Waals surface area contributed by atoms with Crippen LogP contribution in [-0.4, -0.2) is 26.6 Å². The van der Waals surface area contributed by atoms with Crippen molar-refractivity contribution in [1.82, 2.24) is 14.7 Å². The van der Waals surface area contributed by atoms with Crippen LogP contribution in [0.3, 0.4) is 0 Å². The molecular weight excluding hydrogens is 332 g/mol. The smallest absolute Gasteiger partial charge is 0.158 e. The Morgan fingerprint density at radius 3 is 2.04 bits per heavy atom. The number of hydrogen-bond acceptors (Lipinski definition) is 3. The molecule has 1 aromatic heterocycles. The Morgan fingerprint density at radius 1 is 0.815 bits per heavy atom. The van der Waals surface area contributed by atoms with Crippen LogP contribution < -0.4 is 0 Å². The number of hydrogen-bond donors (Lipinski definition) is 0. The highest BCUT2D eigenvalue weighted by Crippen LogP contribution is 2.42. The van der Waals surface area contributed by atoms with Gasteiger partial charge in [0.2, 0.25) is 0 Å². The van der Waals surface area contributed by atoms with Crippen molar-refractivity contribution in [3.8, 4) is 0 Å². The predicted molar refractivity (Wildman–Crippen MR) is 111 cm³/mol. The van der Waals surface area contributed by atoms with E-state index in [9.17, 15) is 0 Å². The lowest BCUT2D eigenvalue weighted by molar-refractivity contribution is 0.292. The number of fused-ring (bicyclic) bond motifs is 1. The van der Waals surface area contributed by atoms with Crippen LogP contribution in [0.4, 0.5) is 5.82 Å². The minimum absolute atomic E-state index is 0.0985. The molecule has 4 rings (SSSR count). The summed E-state index contributed by atoms with van der Waals surface area (Å²) >= 11 is 0. The first-order chi connectivity index (χ1) is 13.1. The highest BCUT2D eigenvalue weighted by molar-refractivity contribution is 6.02. The summed E-state index contributed by atoms with van der Waals surface area (Å²) in [5, 5.41) is 4.68. The van der Waals surface area contributed by atoms with E-state index in [0.29, 0.717) is 6.04 Å². The number of benzene rings is 2. The molecule has 1 unspecified atom stereocenters. The fourth-order valence-corrected chi connectivity index (χ4v) is 3.80. The van der Waals surface area contributed by atoms with Crippen LogP contribution in [0.15, 0.2) is 71.9 Å². The van der Waals surface area contributed by atoms with Gasteiger partial charge in [-0.25, -0.2) is 9.67 Å². The molecule has 0 aliphatic carbocycles. The van der Waals surface area contributed by atoms with Gasteiger partial charge in [-0.15, -0.1) is 0 Å². The summed E-state index contributed by atoms with van der Waals surface area (Å²) in [6.45, 7) is 8.76. The van der Waals surface area contributed by atoms with Crippen molar-refractivity contribution >= 4 is 11.7 Å². The van der Waals surface area contributed by atoms with E-state index in [-0.39, 0.29) is 12.1 Å². The van der Waals surface area contributed by atoms with Crippen LogP contribution in [0.1, 0.15) is 56.5 Å². The molecule has 0 bridgehead atoms. The molecule has 1 aliphatic rings. The monoisotopic (exact) mass is 358 g/mol. The molecule has 4 heteroatoms. The third kappa shape index (κ3) is 3.05. The molecule has 0 fully saturated rings. The van der Waals surface area contributed by atoms with E-state index in [0.717, 1.165) is 17.2 Å². The molecule has 0 N–H and O–H groups in total. The number of nitrogens with zero attached hydrogens (tertiary/aromatic N) is 4. The molecule has 1 aliphatic heterocycles. The minimum Gasteiger partial charge on any atom is -0.342 e. The number of aromatic nitrogens is 2. The SMILES string of the molecule is CC(C)N1C(c2ccccc2)=Nc2c(cnn2C(C)C)C1c1ccccc1. The van der Waals surface area contributed by atoms with Gasteiger partial charge in [0.05, 0.1) is 12.2 Å². The third-order valence-corrected chi connectivity index (χ3v) is 5.02.